The Labute approximate surface area is 124 Å². The maximum atomic E-state index is 3.37. The van der Waals surface area contributed by atoms with Gasteiger partial charge in [-0.3, -0.25) is 9.80 Å². The molecule has 2 rings (SSSR count). The Morgan fingerprint density at radius 2 is 1.60 bits per heavy atom. The van der Waals surface area contributed by atoms with Crippen molar-refractivity contribution >= 4 is 0 Å². The molecule has 1 aromatic rings. The highest BCUT2D eigenvalue weighted by Gasteiger charge is 2.26. The van der Waals surface area contributed by atoms with E-state index in [0.29, 0.717) is 12.1 Å². The fourth-order valence-corrected chi connectivity index (χ4v) is 2.93. The Morgan fingerprint density at radius 3 is 2.15 bits per heavy atom. The molecule has 1 aromatic carbocycles. The van der Waals surface area contributed by atoms with Crippen molar-refractivity contribution in [3.05, 3.63) is 35.4 Å². The van der Waals surface area contributed by atoms with Crippen LogP contribution in [0.2, 0.25) is 0 Å². The Balaban J connectivity index is 1.90. The Bertz CT molecular complexity index is 389. The molecular weight excluding hydrogens is 246 g/mol. The molecule has 1 fully saturated rings. The van der Waals surface area contributed by atoms with Crippen LogP contribution in [0.3, 0.4) is 0 Å². The molecule has 112 valence electrons. The zero-order valence-electron chi connectivity index (χ0n) is 13.4. The lowest BCUT2D eigenvalue weighted by Crippen LogP contribution is -2.54. The molecule has 3 heteroatoms. The number of nitrogens with zero attached hydrogens (tertiary/aromatic N) is 2. The second kappa shape index (κ2) is 7.21. The quantitative estimate of drug-likeness (QED) is 0.890. The summed E-state index contributed by atoms with van der Waals surface area (Å²) in [5.41, 5.74) is 2.80. The summed E-state index contributed by atoms with van der Waals surface area (Å²) in [6.07, 6.45) is 0. The van der Waals surface area contributed by atoms with Gasteiger partial charge in [0.15, 0.2) is 0 Å². The highest BCUT2D eigenvalue weighted by atomic mass is 15.3. The van der Waals surface area contributed by atoms with Gasteiger partial charge in [0.05, 0.1) is 0 Å². The van der Waals surface area contributed by atoms with Crippen molar-refractivity contribution < 1.29 is 0 Å². The fraction of sp³-hybridized carbons (Fsp3) is 0.647. The van der Waals surface area contributed by atoms with Gasteiger partial charge in [0.1, 0.15) is 0 Å². The van der Waals surface area contributed by atoms with Gasteiger partial charge < -0.3 is 5.32 Å². The first kappa shape index (κ1) is 15.5. The summed E-state index contributed by atoms with van der Waals surface area (Å²) in [6.45, 7) is 12.2. The van der Waals surface area contributed by atoms with Crippen LogP contribution in [0, 0.1) is 0 Å². The fourth-order valence-electron chi connectivity index (χ4n) is 2.93. The van der Waals surface area contributed by atoms with Crippen molar-refractivity contribution in [1.82, 2.24) is 15.1 Å². The highest BCUT2D eigenvalue weighted by Crippen LogP contribution is 2.16. The summed E-state index contributed by atoms with van der Waals surface area (Å²) in [5.74, 6) is 0. The van der Waals surface area contributed by atoms with Crippen LogP contribution >= 0.6 is 0 Å². The summed E-state index contributed by atoms with van der Waals surface area (Å²) in [4.78, 5) is 5.06. The van der Waals surface area contributed by atoms with Gasteiger partial charge in [-0.25, -0.2) is 0 Å². The van der Waals surface area contributed by atoms with Crippen LogP contribution in [-0.2, 0) is 13.1 Å². The molecule has 0 amide bonds. The second-order valence-corrected chi connectivity index (χ2v) is 6.15. The van der Waals surface area contributed by atoms with Gasteiger partial charge in [0.2, 0.25) is 0 Å². The molecule has 0 aromatic heterocycles. The summed E-state index contributed by atoms with van der Waals surface area (Å²) < 4.78 is 0. The third kappa shape index (κ3) is 4.05. The first-order chi connectivity index (χ1) is 9.60. The maximum absolute atomic E-state index is 3.37. The number of hydrogen-bond donors (Lipinski definition) is 1. The third-order valence-corrected chi connectivity index (χ3v) is 4.44. The lowest BCUT2D eigenvalue weighted by Gasteiger charge is -2.42. The Morgan fingerprint density at radius 1 is 1.05 bits per heavy atom. The molecule has 20 heavy (non-hydrogen) atoms. The van der Waals surface area contributed by atoms with E-state index in [1.54, 1.807) is 0 Å². The average molecular weight is 275 g/mol. The zero-order valence-corrected chi connectivity index (χ0v) is 13.4. The van der Waals surface area contributed by atoms with E-state index >= 15 is 0 Å². The number of rotatable bonds is 5. The summed E-state index contributed by atoms with van der Waals surface area (Å²) in [6, 6.07) is 10.3. The summed E-state index contributed by atoms with van der Waals surface area (Å²) in [5, 5.41) is 3.37. The number of nitrogens with one attached hydrogen (secondary N) is 1. The molecule has 2 unspecified atom stereocenters. The van der Waals surface area contributed by atoms with Crippen LogP contribution in [0.1, 0.15) is 31.9 Å². The smallest absolute Gasteiger partial charge is 0.0235 e. The molecule has 3 nitrogen and oxygen atoms in total. The van der Waals surface area contributed by atoms with Gasteiger partial charge >= 0.3 is 0 Å². The molecule has 1 heterocycles. The van der Waals surface area contributed by atoms with E-state index in [4.69, 9.17) is 0 Å². The van der Waals surface area contributed by atoms with E-state index in [9.17, 15) is 0 Å². The van der Waals surface area contributed by atoms with Crippen LogP contribution in [-0.4, -0.2) is 48.6 Å². The van der Waals surface area contributed by atoms with Crippen LogP contribution in [0.15, 0.2) is 24.3 Å². The molecule has 1 aliphatic heterocycles. The van der Waals surface area contributed by atoms with Crippen molar-refractivity contribution in [1.29, 1.82) is 0 Å². The van der Waals surface area contributed by atoms with Crippen LogP contribution in [0.5, 0.6) is 0 Å². The zero-order chi connectivity index (χ0) is 14.5. The SMILES string of the molecule is CCNCc1ccc(CN2CC(C)N(C)C(C)C2)cc1. The van der Waals surface area contributed by atoms with Gasteiger partial charge in [-0.15, -0.1) is 0 Å². The predicted molar refractivity (Wildman–Crippen MR) is 85.8 cm³/mol. The van der Waals surface area contributed by atoms with Crippen molar-refractivity contribution in [3.63, 3.8) is 0 Å². The molecule has 0 saturated carbocycles. The number of hydrogen-bond acceptors (Lipinski definition) is 3. The standard InChI is InChI=1S/C17H29N3/c1-5-18-10-16-6-8-17(9-7-16)13-20-11-14(2)19(4)15(3)12-20/h6-9,14-15,18H,5,10-13H2,1-4H3. The van der Waals surface area contributed by atoms with E-state index in [1.165, 1.54) is 24.2 Å². The van der Waals surface area contributed by atoms with Crippen LogP contribution in [0.25, 0.3) is 0 Å². The summed E-state index contributed by atoms with van der Waals surface area (Å²) >= 11 is 0. The first-order valence-corrected chi connectivity index (χ1v) is 7.83. The average Bonchev–Trinajstić information content (AvgIpc) is 2.44. The van der Waals surface area contributed by atoms with Crippen molar-refractivity contribution in [2.24, 2.45) is 0 Å². The minimum atomic E-state index is 0.645. The van der Waals surface area contributed by atoms with Crippen LogP contribution in [0.4, 0.5) is 0 Å². The first-order valence-electron chi connectivity index (χ1n) is 7.83. The van der Waals surface area contributed by atoms with E-state index in [2.05, 4.69) is 67.2 Å². The van der Waals surface area contributed by atoms with Crippen molar-refractivity contribution in [3.8, 4) is 0 Å². The van der Waals surface area contributed by atoms with Crippen molar-refractivity contribution in [2.45, 2.75) is 45.9 Å². The molecule has 1 aliphatic rings. The normalized spacial score (nSPS) is 25.0. The lowest BCUT2D eigenvalue weighted by atomic mass is 10.1. The number of piperazine rings is 1. The summed E-state index contributed by atoms with van der Waals surface area (Å²) in [7, 11) is 2.24. The lowest BCUT2D eigenvalue weighted by molar-refractivity contribution is 0.0556. The highest BCUT2D eigenvalue weighted by molar-refractivity contribution is 5.22. The predicted octanol–water partition coefficient (Wildman–Crippen LogP) is 2.32. The molecule has 0 bridgehead atoms. The van der Waals surface area contributed by atoms with E-state index in [-0.39, 0.29) is 0 Å². The Hall–Kier alpha value is -0.900. The van der Waals surface area contributed by atoms with Gasteiger partial charge in [-0.1, -0.05) is 31.2 Å². The van der Waals surface area contributed by atoms with Gasteiger partial charge in [-0.05, 0) is 38.6 Å². The van der Waals surface area contributed by atoms with E-state index in [1.807, 2.05) is 0 Å². The third-order valence-electron chi connectivity index (χ3n) is 4.44. The molecule has 0 aliphatic carbocycles. The molecule has 1 saturated heterocycles. The van der Waals surface area contributed by atoms with Crippen LogP contribution < -0.4 is 5.32 Å². The largest absolute Gasteiger partial charge is 0.313 e. The minimum Gasteiger partial charge on any atom is -0.313 e. The number of benzene rings is 1. The van der Waals surface area contributed by atoms with Gasteiger partial charge in [0.25, 0.3) is 0 Å². The molecule has 0 spiro atoms. The molecular formula is C17H29N3. The van der Waals surface area contributed by atoms with E-state index < -0.39 is 0 Å². The molecule has 1 N–H and O–H groups in total. The Kier molecular flexibility index (Phi) is 5.58. The monoisotopic (exact) mass is 275 g/mol. The van der Waals surface area contributed by atoms with E-state index in [0.717, 1.165) is 19.6 Å². The second-order valence-electron chi connectivity index (χ2n) is 6.15. The van der Waals surface area contributed by atoms with Gasteiger partial charge in [0, 0.05) is 38.3 Å². The van der Waals surface area contributed by atoms with Crippen molar-refractivity contribution in [2.75, 3.05) is 26.7 Å². The topological polar surface area (TPSA) is 18.5 Å². The molecule has 0 radical (unpaired) electrons. The molecule has 2 atom stereocenters. The maximum Gasteiger partial charge on any atom is 0.0235 e. The minimum absolute atomic E-state index is 0.645. The van der Waals surface area contributed by atoms with Gasteiger partial charge in [-0.2, -0.15) is 0 Å². The number of likely N-dealkylation sites (N-methyl/N-ethyl adjacent to an activating group) is 1.